The summed E-state index contributed by atoms with van der Waals surface area (Å²) < 4.78 is 5.84. The molecule has 1 aromatic heterocycles. The molecular weight excluding hydrogens is 196 g/mol. The highest BCUT2D eigenvalue weighted by Gasteiger charge is 2.34. The first kappa shape index (κ1) is 8.68. The zero-order valence-electron chi connectivity index (χ0n) is 7.98. The summed E-state index contributed by atoms with van der Waals surface area (Å²) in [5.74, 6) is 0. The summed E-state index contributed by atoms with van der Waals surface area (Å²) >= 11 is 1.59. The van der Waals surface area contributed by atoms with E-state index in [1.807, 2.05) is 5.38 Å². The van der Waals surface area contributed by atoms with Gasteiger partial charge in [-0.3, -0.25) is 0 Å². The van der Waals surface area contributed by atoms with Crippen LogP contribution in [0.5, 0.6) is 5.19 Å². The van der Waals surface area contributed by atoms with Crippen molar-refractivity contribution >= 4 is 11.3 Å². The number of hydrogen-bond donors (Lipinski definition) is 1. The first-order valence-electron chi connectivity index (χ1n) is 5.22. The predicted molar refractivity (Wildman–Crippen MR) is 55.7 cm³/mol. The Bertz CT molecular complexity index is 289. The fourth-order valence-electron chi connectivity index (χ4n) is 2.51. The standard InChI is InChI=1S/C10H14N2OS/c1-2-8-6-9(5-7(1)12-8)13-10-11-3-4-14-10/h3-4,7-9,12H,1-2,5-6H2/t7-,8+,9?. The quantitative estimate of drug-likeness (QED) is 0.808. The summed E-state index contributed by atoms with van der Waals surface area (Å²) in [6.45, 7) is 0. The fourth-order valence-corrected chi connectivity index (χ4v) is 3.06. The molecule has 1 aromatic rings. The van der Waals surface area contributed by atoms with Crippen LogP contribution in [0.3, 0.4) is 0 Å². The van der Waals surface area contributed by atoms with Crippen LogP contribution < -0.4 is 10.1 Å². The van der Waals surface area contributed by atoms with Gasteiger partial charge in [0.2, 0.25) is 0 Å². The third-order valence-corrected chi connectivity index (χ3v) is 3.77. The molecule has 14 heavy (non-hydrogen) atoms. The Morgan fingerprint density at radius 1 is 1.36 bits per heavy atom. The van der Waals surface area contributed by atoms with E-state index in [4.69, 9.17) is 4.74 Å². The maximum atomic E-state index is 5.84. The molecule has 3 heterocycles. The average Bonchev–Trinajstić information content (AvgIpc) is 2.77. The molecule has 3 nitrogen and oxygen atoms in total. The van der Waals surface area contributed by atoms with Crippen molar-refractivity contribution in [3.63, 3.8) is 0 Å². The van der Waals surface area contributed by atoms with Crippen LogP contribution >= 0.6 is 11.3 Å². The van der Waals surface area contributed by atoms with E-state index in [9.17, 15) is 0 Å². The van der Waals surface area contributed by atoms with Crippen LogP contribution in [0.15, 0.2) is 11.6 Å². The van der Waals surface area contributed by atoms with Crippen molar-refractivity contribution in [3.8, 4) is 5.19 Å². The van der Waals surface area contributed by atoms with Crippen molar-refractivity contribution in [1.29, 1.82) is 0 Å². The Kier molecular flexibility index (Phi) is 2.18. The largest absolute Gasteiger partial charge is 0.467 e. The van der Waals surface area contributed by atoms with E-state index < -0.39 is 0 Å². The Hall–Kier alpha value is -0.610. The van der Waals surface area contributed by atoms with Gasteiger partial charge in [0.25, 0.3) is 5.19 Å². The van der Waals surface area contributed by atoms with Crippen LogP contribution in [0.4, 0.5) is 0 Å². The molecule has 76 valence electrons. The molecule has 3 rings (SSSR count). The van der Waals surface area contributed by atoms with Gasteiger partial charge in [-0.2, -0.15) is 0 Å². The zero-order chi connectivity index (χ0) is 9.38. The lowest BCUT2D eigenvalue weighted by molar-refractivity contribution is 0.137. The number of rotatable bonds is 2. The van der Waals surface area contributed by atoms with Gasteiger partial charge in [0.15, 0.2) is 0 Å². The van der Waals surface area contributed by atoms with E-state index in [1.54, 1.807) is 17.5 Å². The molecule has 4 heteroatoms. The van der Waals surface area contributed by atoms with E-state index in [2.05, 4.69) is 10.3 Å². The van der Waals surface area contributed by atoms with Gasteiger partial charge in [-0.05, 0) is 25.7 Å². The van der Waals surface area contributed by atoms with E-state index in [1.165, 1.54) is 12.8 Å². The molecule has 0 spiro atoms. The van der Waals surface area contributed by atoms with Gasteiger partial charge >= 0.3 is 0 Å². The number of ether oxygens (including phenoxy) is 1. The number of aromatic nitrogens is 1. The molecule has 0 radical (unpaired) electrons. The smallest absolute Gasteiger partial charge is 0.273 e. The monoisotopic (exact) mass is 210 g/mol. The van der Waals surface area contributed by atoms with Crippen molar-refractivity contribution in [1.82, 2.24) is 10.3 Å². The Morgan fingerprint density at radius 3 is 2.79 bits per heavy atom. The summed E-state index contributed by atoms with van der Waals surface area (Å²) in [5, 5.41) is 6.40. The van der Waals surface area contributed by atoms with Crippen molar-refractivity contribution in [2.24, 2.45) is 0 Å². The number of fused-ring (bicyclic) bond motifs is 2. The number of nitrogens with one attached hydrogen (secondary N) is 1. The minimum absolute atomic E-state index is 0.389. The third kappa shape index (κ3) is 1.64. The van der Waals surface area contributed by atoms with E-state index in [0.29, 0.717) is 18.2 Å². The van der Waals surface area contributed by atoms with Crippen molar-refractivity contribution in [3.05, 3.63) is 11.6 Å². The summed E-state index contributed by atoms with van der Waals surface area (Å²) in [6, 6.07) is 1.39. The van der Waals surface area contributed by atoms with Gasteiger partial charge in [0.05, 0.1) is 0 Å². The van der Waals surface area contributed by atoms with Gasteiger partial charge in [-0.15, -0.1) is 0 Å². The Balaban J connectivity index is 1.64. The maximum absolute atomic E-state index is 5.84. The molecule has 0 amide bonds. The van der Waals surface area contributed by atoms with Gasteiger partial charge < -0.3 is 10.1 Å². The Labute approximate surface area is 87.5 Å². The molecule has 0 saturated carbocycles. The summed E-state index contributed by atoms with van der Waals surface area (Å²) in [5.41, 5.74) is 0. The fraction of sp³-hybridized carbons (Fsp3) is 0.700. The highest BCUT2D eigenvalue weighted by atomic mass is 32.1. The van der Waals surface area contributed by atoms with Gasteiger partial charge in [-0.25, -0.2) is 4.98 Å². The SMILES string of the molecule is c1csc(OC2C[C@H]3CC[C@@H](C2)N3)n1. The lowest BCUT2D eigenvalue weighted by Crippen LogP contribution is -2.42. The van der Waals surface area contributed by atoms with Crippen LogP contribution in [0.2, 0.25) is 0 Å². The molecule has 2 saturated heterocycles. The number of thiazole rings is 1. The molecule has 0 aromatic carbocycles. The van der Waals surface area contributed by atoms with Crippen LogP contribution in [0.1, 0.15) is 25.7 Å². The van der Waals surface area contributed by atoms with Crippen LogP contribution in [0, 0.1) is 0 Å². The minimum atomic E-state index is 0.389. The van der Waals surface area contributed by atoms with Gasteiger partial charge in [0, 0.05) is 23.7 Å². The summed E-state index contributed by atoms with van der Waals surface area (Å²) in [7, 11) is 0. The number of piperidine rings is 1. The van der Waals surface area contributed by atoms with Crippen molar-refractivity contribution < 1.29 is 4.74 Å². The number of hydrogen-bond acceptors (Lipinski definition) is 4. The molecule has 2 bridgehead atoms. The molecule has 1 unspecified atom stereocenters. The highest BCUT2D eigenvalue weighted by molar-refractivity contribution is 7.11. The average molecular weight is 210 g/mol. The number of nitrogens with zero attached hydrogens (tertiary/aromatic N) is 1. The first-order chi connectivity index (χ1) is 6.90. The van der Waals surface area contributed by atoms with Crippen LogP contribution in [0.25, 0.3) is 0 Å². The topological polar surface area (TPSA) is 34.1 Å². The normalized spacial score (nSPS) is 35.9. The highest BCUT2D eigenvalue weighted by Crippen LogP contribution is 2.29. The summed E-state index contributed by atoms with van der Waals surface area (Å²) in [6.07, 6.45) is 7.13. The van der Waals surface area contributed by atoms with E-state index >= 15 is 0 Å². The predicted octanol–water partition coefficient (Wildman–Crippen LogP) is 1.80. The lowest BCUT2D eigenvalue weighted by Gasteiger charge is -2.28. The lowest BCUT2D eigenvalue weighted by atomic mass is 10.0. The Morgan fingerprint density at radius 2 is 2.14 bits per heavy atom. The van der Waals surface area contributed by atoms with E-state index in [-0.39, 0.29) is 0 Å². The molecule has 2 aliphatic rings. The maximum Gasteiger partial charge on any atom is 0.273 e. The van der Waals surface area contributed by atoms with Crippen molar-refractivity contribution in [2.45, 2.75) is 43.9 Å². The third-order valence-electron chi connectivity index (χ3n) is 3.11. The molecule has 0 aliphatic carbocycles. The molecular formula is C10H14N2OS. The van der Waals surface area contributed by atoms with Gasteiger partial charge in [0.1, 0.15) is 6.10 Å². The molecule has 1 N–H and O–H groups in total. The van der Waals surface area contributed by atoms with Gasteiger partial charge in [-0.1, -0.05) is 11.3 Å². The van der Waals surface area contributed by atoms with Crippen LogP contribution in [-0.2, 0) is 0 Å². The zero-order valence-corrected chi connectivity index (χ0v) is 8.80. The second-order valence-corrected chi connectivity index (χ2v) is 5.00. The summed E-state index contributed by atoms with van der Waals surface area (Å²) in [4.78, 5) is 4.16. The minimum Gasteiger partial charge on any atom is -0.467 e. The van der Waals surface area contributed by atoms with Crippen LogP contribution in [-0.4, -0.2) is 23.2 Å². The first-order valence-corrected chi connectivity index (χ1v) is 6.10. The molecule has 3 atom stereocenters. The second kappa shape index (κ2) is 3.51. The van der Waals surface area contributed by atoms with Crippen molar-refractivity contribution in [2.75, 3.05) is 0 Å². The van der Waals surface area contributed by atoms with E-state index in [0.717, 1.165) is 18.0 Å². The molecule has 2 fully saturated rings. The molecule has 2 aliphatic heterocycles. The second-order valence-electron chi connectivity index (χ2n) is 4.15.